The summed E-state index contributed by atoms with van der Waals surface area (Å²) in [6, 6.07) is -1.29. The average Bonchev–Trinajstić information content (AvgIpc) is 2.01. The molecule has 0 aromatic carbocycles. The van der Waals surface area contributed by atoms with Crippen molar-refractivity contribution in [2.75, 3.05) is 34.3 Å². The number of quaternary nitrogens is 1. The van der Waals surface area contributed by atoms with Crippen LogP contribution >= 0.6 is 0 Å². The van der Waals surface area contributed by atoms with Crippen molar-refractivity contribution >= 4 is 11.9 Å². The van der Waals surface area contributed by atoms with E-state index >= 15 is 0 Å². The Labute approximate surface area is 94.7 Å². The molecular weight excluding hydrogens is 216 g/mol. The first-order valence-corrected chi connectivity index (χ1v) is 4.71. The van der Waals surface area contributed by atoms with Crippen molar-refractivity contribution < 1.29 is 29.4 Å². The summed E-state index contributed by atoms with van der Waals surface area (Å²) in [5.41, 5.74) is 4.84. The summed E-state index contributed by atoms with van der Waals surface area (Å²) in [5.74, 6) is -2.50. The zero-order valence-corrected chi connectivity index (χ0v) is 9.88. The Hall–Kier alpha value is -1.18. The highest BCUT2D eigenvalue weighted by Gasteiger charge is 2.14. The van der Waals surface area contributed by atoms with E-state index in [9.17, 15) is 9.59 Å². The number of hydrogen-bond donors (Lipinski definition) is 4. The summed E-state index contributed by atoms with van der Waals surface area (Å²) in [6.45, 7) is 1.11. The highest BCUT2D eigenvalue weighted by atomic mass is 16.4. The summed E-state index contributed by atoms with van der Waals surface area (Å²) >= 11 is 0. The maximum absolute atomic E-state index is 9.85. The van der Waals surface area contributed by atoms with Gasteiger partial charge in [0.05, 0.1) is 34.2 Å². The molecule has 16 heavy (non-hydrogen) atoms. The lowest BCUT2D eigenvalue weighted by atomic mass is 10.2. The number of likely N-dealkylation sites (N-methyl/N-ethyl adjacent to an activating group) is 1. The van der Waals surface area contributed by atoms with Gasteiger partial charge < -0.3 is 25.5 Å². The molecule has 0 aliphatic heterocycles. The van der Waals surface area contributed by atoms with Gasteiger partial charge in [-0.1, -0.05) is 0 Å². The van der Waals surface area contributed by atoms with Crippen molar-refractivity contribution in [1.82, 2.24) is 0 Å². The van der Waals surface area contributed by atoms with Crippen LogP contribution in [-0.2, 0) is 9.59 Å². The first kappa shape index (κ1) is 17.2. The fourth-order valence-electron chi connectivity index (χ4n) is 0.575. The average molecular weight is 237 g/mol. The normalized spacial score (nSPS) is 12.3. The largest absolute Gasteiger partial charge is 0.481 e. The Bertz CT molecular complexity index is 224. The van der Waals surface area contributed by atoms with E-state index in [4.69, 9.17) is 21.1 Å². The standard InChI is InChI=1S/C5H14NO.C4H7NO4/c1-6(2,3)4-5-7;5-2(4(8)9)1-3(6)7/h7H,4-5H2,1-3H3;2H,1,5H2,(H,6,7)(H,8,9)/q+1;/t;2-/m.0/s1. The molecule has 0 spiro atoms. The van der Waals surface area contributed by atoms with Crippen molar-refractivity contribution in [2.45, 2.75) is 12.5 Å². The molecule has 5 N–H and O–H groups in total. The van der Waals surface area contributed by atoms with E-state index in [0.29, 0.717) is 0 Å². The van der Waals surface area contributed by atoms with Gasteiger partial charge >= 0.3 is 11.9 Å². The lowest BCUT2D eigenvalue weighted by molar-refractivity contribution is -0.870. The number of carboxylic acids is 2. The van der Waals surface area contributed by atoms with Crippen LogP contribution in [0.25, 0.3) is 0 Å². The quantitative estimate of drug-likeness (QED) is 0.434. The third kappa shape index (κ3) is 15.3. The van der Waals surface area contributed by atoms with E-state index in [1.54, 1.807) is 0 Å². The van der Waals surface area contributed by atoms with Crippen molar-refractivity contribution in [3.05, 3.63) is 0 Å². The molecule has 1 atom stereocenters. The monoisotopic (exact) mass is 237 g/mol. The predicted octanol–water partition coefficient (Wildman–Crippen LogP) is -1.44. The molecule has 0 rings (SSSR count). The van der Waals surface area contributed by atoms with Gasteiger partial charge in [-0.05, 0) is 0 Å². The van der Waals surface area contributed by atoms with Gasteiger partial charge in [0.15, 0.2) is 0 Å². The van der Waals surface area contributed by atoms with Crippen LogP contribution in [0.1, 0.15) is 6.42 Å². The fourth-order valence-corrected chi connectivity index (χ4v) is 0.575. The van der Waals surface area contributed by atoms with Crippen molar-refractivity contribution in [2.24, 2.45) is 5.73 Å². The molecule has 7 nitrogen and oxygen atoms in total. The predicted molar refractivity (Wildman–Crippen MR) is 57.8 cm³/mol. The zero-order chi connectivity index (χ0) is 13.4. The van der Waals surface area contributed by atoms with Gasteiger partial charge in [-0.25, -0.2) is 0 Å². The number of rotatable bonds is 5. The number of aliphatic hydroxyl groups excluding tert-OH is 1. The molecule has 7 heteroatoms. The fraction of sp³-hybridized carbons (Fsp3) is 0.778. The molecule has 96 valence electrons. The number of nitrogens with zero attached hydrogens (tertiary/aromatic N) is 1. The number of aliphatic hydroxyl groups is 1. The molecule has 0 heterocycles. The minimum Gasteiger partial charge on any atom is -0.481 e. The molecule has 0 fully saturated rings. The molecule has 0 aliphatic carbocycles. The summed E-state index contributed by atoms with van der Waals surface area (Å²) in [5, 5.41) is 24.4. The number of aliphatic carboxylic acids is 2. The first-order chi connectivity index (χ1) is 7.10. The van der Waals surface area contributed by atoms with Crippen LogP contribution in [0.4, 0.5) is 0 Å². The lowest BCUT2D eigenvalue weighted by Gasteiger charge is -2.21. The molecule has 0 bridgehead atoms. The van der Waals surface area contributed by atoms with Crippen LogP contribution in [0.5, 0.6) is 0 Å². The molecule has 0 saturated carbocycles. The van der Waals surface area contributed by atoms with Gasteiger partial charge in [-0.3, -0.25) is 9.59 Å². The Morgan fingerprint density at radius 1 is 1.25 bits per heavy atom. The van der Waals surface area contributed by atoms with E-state index in [1.165, 1.54) is 0 Å². The molecule has 0 saturated heterocycles. The van der Waals surface area contributed by atoms with Crippen molar-refractivity contribution in [3.63, 3.8) is 0 Å². The Balaban J connectivity index is 0. The number of nitrogens with two attached hydrogens (primary N) is 1. The molecular formula is C9H21N2O5+. The second-order valence-electron chi connectivity index (χ2n) is 4.28. The Kier molecular flexibility index (Phi) is 8.64. The van der Waals surface area contributed by atoms with Gasteiger partial charge in [-0.2, -0.15) is 0 Å². The van der Waals surface area contributed by atoms with Crippen LogP contribution < -0.4 is 5.73 Å². The van der Waals surface area contributed by atoms with E-state index in [-0.39, 0.29) is 6.61 Å². The van der Waals surface area contributed by atoms with Crippen LogP contribution in [-0.4, -0.2) is 72.1 Å². The summed E-state index contributed by atoms with van der Waals surface area (Å²) in [6.07, 6.45) is -0.532. The van der Waals surface area contributed by atoms with Crippen LogP contribution in [0.2, 0.25) is 0 Å². The molecule has 0 aliphatic rings. The maximum Gasteiger partial charge on any atom is 0.321 e. The highest BCUT2D eigenvalue weighted by Crippen LogP contribution is 1.86. The van der Waals surface area contributed by atoms with Crippen LogP contribution in [0, 0.1) is 0 Å². The third-order valence-corrected chi connectivity index (χ3v) is 1.48. The SMILES string of the molecule is C[N+](C)(C)CCO.N[C@@H](CC(=O)O)C(=O)O. The van der Waals surface area contributed by atoms with Crippen LogP contribution in [0.15, 0.2) is 0 Å². The Morgan fingerprint density at radius 2 is 1.69 bits per heavy atom. The minimum absolute atomic E-state index is 0.281. The molecule has 0 amide bonds. The van der Waals surface area contributed by atoms with Gasteiger partial charge in [-0.15, -0.1) is 0 Å². The summed E-state index contributed by atoms with van der Waals surface area (Å²) < 4.78 is 0.844. The number of carbonyl (C=O) groups is 2. The van der Waals surface area contributed by atoms with E-state index in [2.05, 4.69) is 21.1 Å². The third-order valence-electron chi connectivity index (χ3n) is 1.48. The van der Waals surface area contributed by atoms with Gasteiger partial charge in [0.25, 0.3) is 0 Å². The second kappa shape index (κ2) is 8.03. The van der Waals surface area contributed by atoms with E-state index in [1.807, 2.05) is 0 Å². The Morgan fingerprint density at radius 3 is 1.75 bits per heavy atom. The van der Waals surface area contributed by atoms with Crippen molar-refractivity contribution in [1.29, 1.82) is 0 Å². The van der Waals surface area contributed by atoms with Gasteiger partial charge in [0.1, 0.15) is 12.6 Å². The smallest absolute Gasteiger partial charge is 0.321 e. The first-order valence-electron chi connectivity index (χ1n) is 4.71. The van der Waals surface area contributed by atoms with Gasteiger partial charge in [0, 0.05) is 0 Å². The van der Waals surface area contributed by atoms with E-state index in [0.717, 1.165) is 11.0 Å². The summed E-state index contributed by atoms with van der Waals surface area (Å²) in [7, 11) is 6.16. The zero-order valence-electron chi connectivity index (χ0n) is 9.88. The van der Waals surface area contributed by atoms with E-state index < -0.39 is 24.4 Å². The van der Waals surface area contributed by atoms with Crippen molar-refractivity contribution in [3.8, 4) is 0 Å². The molecule has 0 radical (unpaired) electrons. The van der Waals surface area contributed by atoms with Gasteiger partial charge in [0.2, 0.25) is 0 Å². The minimum atomic E-state index is -1.29. The number of carboxylic acid groups (broad SMARTS) is 2. The summed E-state index contributed by atoms with van der Waals surface area (Å²) in [4.78, 5) is 19.6. The number of hydrogen-bond acceptors (Lipinski definition) is 4. The molecule has 0 aromatic heterocycles. The van der Waals surface area contributed by atoms with Crippen LogP contribution in [0.3, 0.4) is 0 Å². The second-order valence-corrected chi connectivity index (χ2v) is 4.28. The highest BCUT2D eigenvalue weighted by molar-refractivity contribution is 5.80. The maximum atomic E-state index is 9.85. The lowest BCUT2D eigenvalue weighted by Crippen LogP contribution is -2.36. The molecule has 0 unspecified atom stereocenters. The molecule has 0 aromatic rings. The topological polar surface area (TPSA) is 121 Å².